The Bertz CT molecular complexity index is 945. The van der Waals surface area contributed by atoms with E-state index in [2.05, 4.69) is 16.0 Å². The van der Waals surface area contributed by atoms with Crippen LogP contribution in [0.3, 0.4) is 0 Å². The Morgan fingerprint density at radius 3 is 2.35 bits per heavy atom. The van der Waals surface area contributed by atoms with E-state index in [9.17, 15) is 19.2 Å². The maximum atomic E-state index is 13.6. The molecule has 10 nitrogen and oxygen atoms in total. The molecule has 2 saturated heterocycles. The highest BCUT2D eigenvalue weighted by atomic mass is 16.2. The number of urea groups is 1. The Hall–Kier alpha value is -3.14. The molecule has 5 amide bonds. The van der Waals surface area contributed by atoms with Gasteiger partial charge in [-0.25, -0.2) is 4.79 Å². The van der Waals surface area contributed by atoms with Crippen molar-refractivity contribution in [1.29, 1.82) is 0 Å². The number of benzene rings is 1. The van der Waals surface area contributed by atoms with Crippen LogP contribution in [0.4, 0.5) is 10.5 Å². The lowest BCUT2D eigenvalue weighted by molar-refractivity contribution is -0.664. The zero-order valence-electron chi connectivity index (χ0n) is 21.6. The predicted molar refractivity (Wildman–Crippen MR) is 139 cm³/mol. The van der Waals surface area contributed by atoms with Crippen LogP contribution in [0, 0.1) is 11.8 Å². The molecule has 2 aliphatic heterocycles. The summed E-state index contributed by atoms with van der Waals surface area (Å²) in [7, 11) is 0. The van der Waals surface area contributed by atoms with Crippen molar-refractivity contribution in [2.45, 2.75) is 63.5 Å². The monoisotopic (exact) mass is 513 g/mol. The summed E-state index contributed by atoms with van der Waals surface area (Å²) in [6.07, 6.45) is 7.56. The van der Waals surface area contributed by atoms with Crippen molar-refractivity contribution in [1.82, 2.24) is 15.1 Å². The highest BCUT2D eigenvalue weighted by Gasteiger charge is 2.41. The maximum Gasteiger partial charge on any atom is 0.321 e. The van der Waals surface area contributed by atoms with Gasteiger partial charge in [-0.15, -0.1) is 0 Å². The predicted octanol–water partition coefficient (Wildman–Crippen LogP) is 0.645. The number of nitrogens with one attached hydrogen (secondary N) is 2. The molecule has 2 atom stereocenters. The van der Waals surface area contributed by atoms with Crippen LogP contribution < -0.4 is 21.7 Å². The normalized spacial score (nSPS) is 22.2. The lowest BCUT2D eigenvalue weighted by atomic mass is 9.84. The van der Waals surface area contributed by atoms with Gasteiger partial charge in [0.15, 0.2) is 0 Å². The molecule has 37 heavy (non-hydrogen) atoms. The maximum absolute atomic E-state index is 13.6. The third kappa shape index (κ3) is 7.21. The van der Waals surface area contributed by atoms with Gasteiger partial charge in [0.25, 0.3) is 0 Å². The zero-order valence-corrected chi connectivity index (χ0v) is 21.6. The van der Waals surface area contributed by atoms with E-state index in [0.717, 1.165) is 51.6 Å². The number of nitrogens with zero attached hydrogens (tertiary/aromatic N) is 2. The van der Waals surface area contributed by atoms with Gasteiger partial charge in [0.1, 0.15) is 12.1 Å². The van der Waals surface area contributed by atoms with Crippen molar-refractivity contribution >= 4 is 29.4 Å². The van der Waals surface area contributed by atoms with E-state index in [1.54, 1.807) is 21.9 Å². The molecule has 0 spiro atoms. The summed E-state index contributed by atoms with van der Waals surface area (Å²) < 4.78 is 0. The second-order valence-corrected chi connectivity index (χ2v) is 10.6. The highest BCUT2D eigenvalue weighted by Crippen LogP contribution is 2.27. The number of carbonyl (C=O) groups is 4. The van der Waals surface area contributed by atoms with Gasteiger partial charge in [-0.05, 0) is 24.5 Å². The first-order valence-electron chi connectivity index (χ1n) is 13.7. The molecule has 2 heterocycles. The standard InChI is InChI=1S/C27H40N6O4/c28-24(34)22(17-19-7-3-1-4-8-19)31-25(35)23-18-32(27(37)30-21-9-5-2-6-10-21)15-16-33(23)26(36)20-11-13-29-14-12-20/h2,5-6,9-10,19-20,22-23,29H,1,3-4,7-8,11-18H2,(H2,28,34)(H,30,37)(H,31,35)/p+1/t22-,23-/m0/s1. The molecule has 1 aromatic rings. The van der Waals surface area contributed by atoms with Crippen LogP contribution in [-0.4, -0.2) is 78.4 Å². The smallest absolute Gasteiger partial charge is 0.321 e. The molecule has 0 bridgehead atoms. The average molecular weight is 514 g/mol. The second kappa shape index (κ2) is 12.9. The van der Waals surface area contributed by atoms with Crippen LogP contribution >= 0.6 is 0 Å². The number of piperidine rings is 1. The van der Waals surface area contributed by atoms with Crippen molar-refractivity contribution in [3.63, 3.8) is 0 Å². The summed E-state index contributed by atoms with van der Waals surface area (Å²) in [5, 5.41) is 7.92. The van der Waals surface area contributed by atoms with E-state index in [4.69, 9.17) is 5.73 Å². The summed E-state index contributed by atoms with van der Waals surface area (Å²) >= 11 is 0. The molecule has 3 fully saturated rings. The summed E-state index contributed by atoms with van der Waals surface area (Å²) in [5.74, 6) is -0.803. The van der Waals surface area contributed by atoms with Gasteiger partial charge in [-0.1, -0.05) is 50.3 Å². The summed E-state index contributed by atoms with van der Waals surface area (Å²) in [6, 6.07) is 7.14. The number of nitrogens with two attached hydrogens (primary N) is 2. The average Bonchev–Trinajstić information content (AvgIpc) is 2.93. The van der Waals surface area contributed by atoms with Crippen molar-refractivity contribution in [2.75, 3.05) is 38.0 Å². The quantitative estimate of drug-likeness (QED) is 0.425. The third-order valence-corrected chi connectivity index (χ3v) is 8.02. The molecule has 0 aromatic heterocycles. The molecule has 4 rings (SSSR count). The number of rotatable bonds is 7. The summed E-state index contributed by atoms with van der Waals surface area (Å²) in [5.41, 5.74) is 6.35. The number of quaternary nitrogens is 1. The van der Waals surface area contributed by atoms with Crippen LogP contribution in [-0.2, 0) is 14.4 Å². The van der Waals surface area contributed by atoms with Gasteiger partial charge < -0.3 is 31.5 Å². The van der Waals surface area contributed by atoms with E-state index in [1.807, 2.05) is 18.2 Å². The molecular weight excluding hydrogens is 472 g/mol. The van der Waals surface area contributed by atoms with Crippen LogP contribution in [0.1, 0.15) is 51.4 Å². The molecule has 1 aromatic carbocycles. The van der Waals surface area contributed by atoms with Crippen LogP contribution in [0.25, 0.3) is 0 Å². The van der Waals surface area contributed by atoms with E-state index < -0.39 is 23.9 Å². The fourth-order valence-electron chi connectivity index (χ4n) is 5.86. The number of hydrogen-bond donors (Lipinski definition) is 4. The van der Waals surface area contributed by atoms with Gasteiger partial charge in [-0.3, -0.25) is 14.4 Å². The Morgan fingerprint density at radius 2 is 1.68 bits per heavy atom. The van der Waals surface area contributed by atoms with Gasteiger partial charge >= 0.3 is 6.03 Å². The van der Waals surface area contributed by atoms with Crippen molar-refractivity contribution in [3.05, 3.63) is 30.3 Å². The number of anilines is 1. The molecule has 3 aliphatic rings. The SMILES string of the molecule is NC(=O)[C@H](CC1CCCCC1)NC(=O)[C@@H]1CN(C(=O)Nc2ccccc2)CCN1C(=O)C1CC[NH2+]CC1. The molecule has 1 aliphatic carbocycles. The Morgan fingerprint density at radius 1 is 0.973 bits per heavy atom. The van der Waals surface area contributed by atoms with E-state index in [0.29, 0.717) is 24.6 Å². The lowest BCUT2D eigenvalue weighted by Crippen LogP contribution is -2.86. The second-order valence-electron chi connectivity index (χ2n) is 10.6. The number of para-hydroxylation sites is 1. The van der Waals surface area contributed by atoms with Crippen molar-refractivity contribution < 1.29 is 24.5 Å². The van der Waals surface area contributed by atoms with Gasteiger partial charge in [0.05, 0.1) is 19.6 Å². The third-order valence-electron chi connectivity index (χ3n) is 8.02. The molecule has 6 N–H and O–H groups in total. The first kappa shape index (κ1) is 26.9. The number of carbonyl (C=O) groups excluding carboxylic acids is 4. The molecule has 202 valence electrons. The largest absolute Gasteiger partial charge is 0.368 e. The number of amides is 5. The number of primary amides is 1. The lowest BCUT2D eigenvalue weighted by Gasteiger charge is -2.42. The number of piperazine rings is 1. The van der Waals surface area contributed by atoms with Crippen molar-refractivity contribution in [2.24, 2.45) is 17.6 Å². The van der Waals surface area contributed by atoms with Crippen LogP contribution in [0.2, 0.25) is 0 Å². The minimum absolute atomic E-state index is 0.0423. The minimum atomic E-state index is -0.873. The fraction of sp³-hybridized carbons (Fsp3) is 0.630. The number of hydrogen-bond acceptors (Lipinski definition) is 4. The van der Waals surface area contributed by atoms with Crippen LogP contribution in [0.15, 0.2) is 30.3 Å². The minimum Gasteiger partial charge on any atom is -0.368 e. The fourth-order valence-corrected chi connectivity index (χ4v) is 5.86. The summed E-state index contributed by atoms with van der Waals surface area (Å²) in [4.78, 5) is 55.6. The Balaban J connectivity index is 1.47. The zero-order chi connectivity index (χ0) is 26.2. The van der Waals surface area contributed by atoms with Gasteiger partial charge in [-0.2, -0.15) is 0 Å². The molecule has 0 unspecified atom stereocenters. The van der Waals surface area contributed by atoms with Crippen LogP contribution in [0.5, 0.6) is 0 Å². The van der Waals surface area contributed by atoms with Gasteiger partial charge in [0, 0.05) is 37.5 Å². The van der Waals surface area contributed by atoms with E-state index in [-0.39, 0.29) is 30.9 Å². The van der Waals surface area contributed by atoms with Gasteiger partial charge in [0.2, 0.25) is 17.7 Å². The first-order valence-corrected chi connectivity index (χ1v) is 13.7. The van der Waals surface area contributed by atoms with E-state index >= 15 is 0 Å². The molecular formula is C27H41N6O4+. The van der Waals surface area contributed by atoms with E-state index in [1.165, 1.54) is 6.42 Å². The summed E-state index contributed by atoms with van der Waals surface area (Å²) in [6.45, 7) is 2.43. The van der Waals surface area contributed by atoms with Crippen molar-refractivity contribution in [3.8, 4) is 0 Å². The topological polar surface area (TPSA) is 141 Å². The molecule has 10 heteroatoms. The first-order chi connectivity index (χ1) is 17.9. The highest BCUT2D eigenvalue weighted by molar-refractivity contribution is 5.94. The molecule has 1 saturated carbocycles. The Labute approximate surface area is 218 Å². The molecule has 0 radical (unpaired) electrons. The Kier molecular flexibility index (Phi) is 9.38.